The Labute approximate surface area is 142 Å². The van der Waals surface area contributed by atoms with Crippen molar-refractivity contribution >= 4 is 22.7 Å². The fourth-order valence-electron chi connectivity index (χ4n) is 3.04. The van der Waals surface area contributed by atoms with E-state index in [4.69, 9.17) is 0 Å². The zero-order valence-electron chi connectivity index (χ0n) is 13.8. The average molecular weight is 328 g/mol. The molecule has 0 bridgehead atoms. The van der Waals surface area contributed by atoms with Crippen LogP contribution in [0.4, 0.5) is 5.13 Å². The molecule has 0 aliphatic carbocycles. The summed E-state index contributed by atoms with van der Waals surface area (Å²) in [4.78, 5) is 6.91. The van der Waals surface area contributed by atoms with Gasteiger partial charge in [0.2, 0.25) is 5.13 Å². The van der Waals surface area contributed by atoms with E-state index in [1.54, 1.807) is 11.3 Å². The molecule has 5 heteroatoms. The predicted octanol–water partition coefficient (Wildman–Crippen LogP) is 4.13. The molecule has 4 nitrogen and oxygen atoms in total. The molecule has 2 heterocycles. The van der Waals surface area contributed by atoms with Gasteiger partial charge in [0, 0.05) is 18.5 Å². The van der Waals surface area contributed by atoms with E-state index in [-0.39, 0.29) is 0 Å². The number of benzene rings is 1. The van der Waals surface area contributed by atoms with Crippen LogP contribution in [0, 0.1) is 12.8 Å². The monoisotopic (exact) mass is 328 g/mol. The van der Waals surface area contributed by atoms with E-state index in [0.29, 0.717) is 0 Å². The molecule has 122 valence electrons. The van der Waals surface area contributed by atoms with Gasteiger partial charge in [0.1, 0.15) is 0 Å². The van der Waals surface area contributed by atoms with E-state index >= 15 is 0 Å². The van der Waals surface area contributed by atoms with Crippen molar-refractivity contribution in [2.45, 2.75) is 33.2 Å². The molecule has 1 saturated heterocycles. The number of likely N-dealkylation sites (tertiary alicyclic amines) is 1. The Morgan fingerprint density at radius 1 is 1.43 bits per heavy atom. The lowest BCUT2D eigenvalue weighted by atomic mass is 9.99. The standard InChI is InChI=1S/C18H24N4S/c1-14-6-5-9-22(11-14)12-17-8-4-3-7-16(17)10-19-21-18-20-15(2)13-23-18/h3-4,7-8,10,13-14H,5-6,9,11-12H2,1-2H3,(H,20,21). The van der Waals surface area contributed by atoms with Gasteiger partial charge in [0.05, 0.1) is 11.9 Å². The predicted molar refractivity (Wildman–Crippen MR) is 98.2 cm³/mol. The number of aryl methyl sites for hydroxylation is 1. The second-order valence-corrected chi connectivity index (χ2v) is 7.20. The first-order valence-electron chi connectivity index (χ1n) is 8.22. The normalized spacial score (nSPS) is 19.3. The molecule has 2 aromatic rings. The molecule has 1 N–H and O–H groups in total. The summed E-state index contributed by atoms with van der Waals surface area (Å²) >= 11 is 1.57. The number of hydrogen-bond acceptors (Lipinski definition) is 5. The van der Waals surface area contributed by atoms with Crippen LogP contribution in [0.2, 0.25) is 0 Å². The lowest BCUT2D eigenvalue weighted by Gasteiger charge is -2.31. The number of anilines is 1. The van der Waals surface area contributed by atoms with Gasteiger partial charge in [-0.25, -0.2) is 4.98 Å². The van der Waals surface area contributed by atoms with Crippen molar-refractivity contribution in [1.29, 1.82) is 0 Å². The van der Waals surface area contributed by atoms with E-state index in [1.807, 2.05) is 18.5 Å². The number of hydrogen-bond donors (Lipinski definition) is 1. The first-order chi connectivity index (χ1) is 11.2. The van der Waals surface area contributed by atoms with Gasteiger partial charge in [0.25, 0.3) is 0 Å². The summed E-state index contributed by atoms with van der Waals surface area (Å²) in [6, 6.07) is 8.50. The summed E-state index contributed by atoms with van der Waals surface area (Å²) in [6.07, 6.45) is 4.57. The molecule has 1 aromatic heterocycles. The number of nitrogens with zero attached hydrogens (tertiary/aromatic N) is 3. The van der Waals surface area contributed by atoms with Gasteiger partial charge in [0.15, 0.2) is 0 Å². The van der Waals surface area contributed by atoms with Crippen LogP contribution in [0.1, 0.15) is 36.6 Å². The first kappa shape index (κ1) is 16.1. The van der Waals surface area contributed by atoms with Crippen molar-refractivity contribution in [3.63, 3.8) is 0 Å². The van der Waals surface area contributed by atoms with Crippen LogP contribution >= 0.6 is 11.3 Å². The van der Waals surface area contributed by atoms with Gasteiger partial charge in [-0.05, 0) is 43.4 Å². The third-order valence-electron chi connectivity index (χ3n) is 4.17. The highest BCUT2D eigenvalue weighted by Crippen LogP contribution is 2.19. The van der Waals surface area contributed by atoms with Gasteiger partial charge < -0.3 is 0 Å². The maximum absolute atomic E-state index is 4.35. The smallest absolute Gasteiger partial charge is 0.203 e. The van der Waals surface area contributed by atoms with E-state index in [1.165, 1.54) is 37.1 Å². The molecule has 0 radical (unpaired) electrons. The minimum absolute atomic E-state index is 0.805. The number of aromatic nitrogens is 1. The summed E-state index contributed by atoms with van der Waals surface area (Å²) < 4.78 is 0. The Balaban J connectivity index is 1.65. The van der Waals surface area contributed by atoms with Crippen LogP contribution in [-0.4, -0.2) is 29.2 Å². The third-order valence-corrected chi connectivity index (χ3v) is 5.04. The fourth-order valence-corrected chi connectivity index (χ4v) is 3.67. The molecule has 1 fully saturated rings. The van der Waals surface area contributed by atoms with Crippen molar-refractivity contribution in [3.05, 3.63) is 46.5 Å². The zero-order chi connectivity index (χ0) is 16.1. The molecule has 0 spiro atoms. The Morgan fingerprint density at radius 3 is 3.09 bits per heavy atom. The average Bonchev–Trinajstić information content (AvgIpc) is 2.94. The van der Waals surface area contributed by atoms with Gasteiger partial charge in [-0.3, -0.25) is 10.3 Å². The molecule has 1 aliphatic heterocycles. The van der Waals surface area contributed by atoms with E-state index < -0.39 is 0 Å². The number of piperidine rings is 1. The molecule has 0 amide bonds. The van der Waals surface area contributed by atoms with Crippen molar-refractivity contribution in [2.24, 2.45) is 11.0 Å². The van der Waals surface area contributed by atoms with Crippen molar-refractivity contribution in [1.82, 2.24) is 9.88 Å². The number of nitrogens with one attached hydrogen (secondary N) is 1. The quantitative estimate of drug-likeness (QED) is 0.663. The summed E-state index contributed by atoms with van der Waals surface area (Å²) in [5.41, 5.74) is 6.54. The molecule has 23 heavy (non-hydrogen) atoms. The Morgan fingerprint density at radius 2 is 2.30 bits per heavy atom. The Kier molecular flexibility index (Phi) is 5.41. The van der Waals surface area contributed by atoms with Gasteiger partial charge in [-0.2, -0.15) is 5.10 Å². The lowest BCUT2D eigenvalue weighted by molar-refractivity contribution is 0.176. The van der Waals surface area contributed by atoms with Crippen LogP contribution < -0.4 is 5.43 Å². The summed E-state index contributed by atoms with van der Waals surface area (Å²) in [6.45, 7) is 7.73. The molecule has 1 aromatic carbocycles. The maximum Gasteiger partial charge on any atom is 0.203 e. The van der Waals surface area contributed by atoms with Crippen LogP contribution in [-0.2, 0) is 6.54 Å². The van der Waals surface area contributed by atoms with Crippen LogP contribution in [0.25, 0.3) is 0 Å². The Hall–Kier alpha value is -1.72. The third kappa shape index (κ3) is 4.62. The fraction of sp³-hybridized carbons (Fsp3) is 0.444. The topological polar surface area (TPSA) is 40.5 Å². The molecule has 1 aliphatic rings. The SMILES string of the molecule is Cc1csc(NN=Cc2ccccc2CN2CCCC(C)C2)n1. The lowest BCUT2D eigenvalue weighted by Crippen LogP contribution is -2.34. The van der Waals surface area contributed by atoms with E-state index in [0.717, 1.165) is 23.3 Å². The second-order valence-electron chi connectivity index (χ2n) is 6.35. The summed E-state index contributed by atoms with van der Waals surface area (Å²) in [5, 5.41) is 7.20. The second kappa shape index (κ2) is 7.70. The van der Waals surface area contributed by atoms with Crippen LogP contribution in [0.5, 0.6) is 0 Å². The molecule has 1 unspecified atom stereocenters. The molecule has 1 atom stereocenters. The van der Waals surface area contributed by atoms with E-state index in [2.05, 4.69) is 51.6 Å². The molecule has 0 saturated carbocycles. The maximum atomic E-state index is 4.35. The highest BCUT2D eigenvalue weighted by molar-refractivity contribution is 7.13. The van der Waals surface area contributed by atoms with Gasteiger partial charge >= 0.3 is 0 Å². The van der Waals surface area contributed by atoms with Crippen molar-refractivity contribution in [3.8, 4) is 0 Å². The molecular weight excluding hydrogens is 304 g/mol. The number of rotatable bonds is 5. The molecule has 3 rings (SSSR count). The van der Waals surface area contributed by atoms with Crippen LogP contribution in [0.3, 0.4) is 0 Å². The first-order valence-corrected chi connectivity index (χ1v) is 9.10. The largest absolute Gasteiger partial charge is 0.299 e. The number of thiazole rings is 1. The van der Waals surface area contributed by atoms with E-state index in [9.17, 15) is 0 Å². The highest BCUT2D eigenvalue weighted by Gasteiger charge is 2.16. The minimum atomic E-state index is 0.805. The Bertz CT molecular complexity index is 665. The summed E-state index contributed by atoms with van der Waals surface area (Å²) in [7, 11) is 0. The van der Waals surface area contributed by atoms with Crippen molar-refractivity contribution < 1.29 is 0 Å². The zero-order valence-corrected chi connectivity index (χ0v) is 14.6. The van der Waals surface area contributed by atoms with Gasteiger partial charge in [-0.1, -0.05) is 31.2 Å². The van der Waals surface area contributed by atoms with Crippen molar-refractivity contribution in [2.75, 3.05) is 18.5 Å². The number of hydrazone groups is 1. The molecular formula is C18H24N4S. The van der Waals surface area contributed by atoms with Crippen LogP contribution in [0.15, 0.2) is 34.7 Å². The summed E-state index contributed by atoms with van der Waals surface area (Å²) in [5.74, 6) is 0.805. The van der Waals surface area contributed by atoms with Gasteiger partial charge in [-0.15, -0.1) is 11.3 Å². The highest BCUT2D eigenvalue weighted by atomic mass is 32.1. The minimum Gasteiger partial charge on any atom is -0.299 e.